The summed E-state index contributed by atoms with van der Waals surface area (Å²) in [6.45, 7) is 5.35. The molecule has 1 aromatic rings. The van der Waals surface area contributed by atoms with Gasteiger partial charge in [0.1, 0.15) is 5.75 Å². The molecule has 2 amide bonds. The Kier molecular flexibility index (Phi) is 6.98. The van der Waals surface area contributed by atoms with Crippen molar-refractivity contribution in [1.82, 2.24) is 10.2 Å². The lowest BCUT2D eigenvalue weighted by molar-refractivity contribution is -0.137. The molecule has 1 fully saturated rings. The van der Waals surface area contributed by atoms with E-state index in [1.807, 2.05) is 6.92 Å². The van der Waals surface area contributed by atoms with Gasteiger partial charge in [-0.15, -0.1) is 0 Å². The third-order valence-corrected chi connectivity index (χ3v) is 4.39. The van der Waals surface area contributed by atoms with Gasteiger partial charge in [-0.3, -0.25) is 14.4 Å². The number of Topliss-reactive ketones (excluding diaryl/α,β-unsaturated/α-hetero) is 1. The Hall–Kier alpha value is -2.37. The topological polar surface area (TPSA) is 75.7 Å². The largest absolute Gasteiger partial charge is 0.484 e. The van der Waals surface area contributed by atoms with E-state index >= 15 is 0 Å². The van der Waals surface area contributed by atoms with Crippen molar-refractivity contribution in [2.45, 2.75) is 33.1 Å². The number of rotatable bonds is 7. The maximum Gasteiger partial charge on any atom is 0.260 e. The molecule has 0 unspecified atom stereocenters. The molecule has 1 aliphatic heterocycles. The highest BCUT2D eigenvalue weighted by atomic mass is 16.5. The summed E-state index contributed by atoms with van der Waals surface area (Å²) in [5.74, 6) is 0.565. The van der Waals surface area contributed by atoms with E-state index in [0.29, 0.717) is 43.8 Å². The highest BCUT2D eigenvalue weighted by Crippen LogP contribution is 2.18. The number of benzene rings is 1. The first-order valence-electron chi connectivity index (χ1n) is 8.80. The summed E-state index contributed by atoms with van der Waals surface area (Å²) in [4.78, 5) is 37.2. The number of likely N-dealkylation sites (tertiary alicyclic amines) is 1. The summed E-state index contributed by atoms with van der Waals surface area (Å²) in [6.07, 6.45) is 2.30. The number of carbonyl (C=O) groups is 3. The molecule has 25 heavy (non-hydrogen) atoms. The number of nitrogens with zero attached hydrogens (tertiary/aromatic N) is 1. The number of ether oxygens (including phenoxy) is 1. The Balaban J connectivity index is 1.75. The normalized spacial score (nSPS) is 14.9. The summed E-state index contributed by atoms with van der Waals surface area (Å²) in [6, 6.07) is 6.74. The standard InChI is InChI=1S/C19H26N2O4/c1-3-10-20-19(24)16-8-11-21(12-9-16)18(23)13-25-17-6-4-15(5-7-17)14(2)22/h4-7,16H,3,8-13H2,1-2H3,(H,20,24). The van der Waals surface area contributed by atoms with Gasteiger partial charge < -0.3 is 15.0 Å². The lowest BCUT2D eigenvalue weighted by Crippen LogP contribution is -2.44. The molecule has 0 radical (unpaired) electrons. The number of amides is 2. The maximum atomic E-state index is 12.2. The fraction of sp³-hybridized carbons (Fsp3) is 0.526. The first-order valence-corrected chi connectivity index (χ1v) is 8.80. The average Bonchev–Trinajstić information content (AvgIpc) is 2.64. The minimum atomic E-state index is -0.0805. The van der Waals surface area contributed by atoms with Gasteiger partial charge in [-0.25, -0.2) is 0 Å². The number of hydrogen-bond acceptors (Lipinski definition) is 4. The maximum absolute atomic E-state index is 12.2. The van der Waals surface area contributed by atoms with E-state index in [9.17, 15) is 14.4 Å². The van der Waals surface area contributed by atoms with Crippen LogP contribution in [0.15, 0.2) is 24.3 Å². The molecule has 6 nitrogen and oxygen atoms in total. The fourth-order valence-corrected chi connectivity index (χ4v) is 2.81. The second-order valence-corrected chi connectivity index (χ2v) is 6.32. The van der Waals surface area contributed by atoms with Crippen molar-refractivity contribution in [2.75, 3.05) is 26.2 Å². The van der Waals surface area contributed by atoms with Gasteiger partial charge in [0.25, 0.3) is 5.91 Å². The molecule has 1 aromatic carbocycles. The van der Waals surface area contributed by atoms with Crippen LogP contribution in [-0.4, -0.2) is 48.7 Å². The van der Waals surface area contributed by atoms with Crippen molar-refractivity contribution in [2.24, 2.45) is 5.92 Å². The summed E-state index contributed by atoms with van der Waals surface area (Å²) >= 11 is 0. The second kappa shape index (κ2) is 9.20. The van der Waals surface area contributed by atoms with Crippen LogP contribution in [0.4, 0.5) is 0 Å². The molecule has 0 aromatic heterocycles. The summed E-state index contributed by atoms with van der Waals surface area (Å²) < 4.78 is 5.50. The van der Waals surface area contributed by atoms with Crippen LogP contribution in [0.3, 0.4) is 0 Å². The second-order valence-electron chi connectivity index (χ2n) is 6.32. The average molecular weight is 346 g/mol. The molecule has 136 valence electrons. The van der Waals surface area contributed by atoms with E-state index in [-0.39, 0.29) is 30.1 Å². The third kappa shape index (κ3) is 5.59. The van der Waals surface area contributed by atoms with E-state index in [1.165, 1.54) is 6.92 Å². The third-order valence-electron chi connectivity index (χ3n) is 4.39. The van der Waals surface area contributed by atoms with E-state index in [0.717, 1.165) is 6.42 Å². The molecule has 0 atom stereocenters. The van der Waals surface area contributed by atoms with Gasteiger partial charge in [0, 0.05) is 31.1 Å². The van der Waals surface area contributed by atoms with Gasteiger partial charge in [-0.05, 0) is 50.5 Å². The number of piperidine rings is 1. The number of nitrogens with one attached hydrogen (secondary N) is 1. The Bertz CT molecular complexity index is 604. The zero-order chi connectivity index (χ0) is 18.2. The number of hydrogen-bond donors (Lipinski definition) is 1. The first kappa shape index (κ1) is 19.0. The zero-order valence-electron chi connectivity index (χ0n) is 14.9. The van der Waals surface area contributed by atoms with Crippen LogP contribution in [0.5, 0.6) is 5.75 Å². The molecule has 0 spiro atoms. The SMILES string of the molecule is CCCNC(=O)C1CCN(C(=O)COc2ccc(C(C)=O)cc2)CC1. The molecule has 2 rings (SSSR count). The molecule has 0 aliphatic carbocycles. The molecular formula is C19H26N2O4. The lowest BCUT2D eigenvalue weighted by Gasteiger charge is -2.31. The molecule has 0 bridgehead atoms. The van der Waals surface area contributed by atoms with Crippen LogP contribution in [0.1, 0.15) is 43.5 Å². The van der Waals surface area contributed by atoms with Crippen LogP contribution in [0.2, 0.25) is 0 Å². The van der Waals surface area contributed by atoms with Gasteiger partial charge in [-0.1, -0.05) is 6.92 Å². The fourth-order valence-electron chi connectivity index (χ4n) is 2.81. The number of carbonyl (C=O) groups excluding carboxylic acids is 3. The Morgan fingerprint density at radius 3 is 2.36 bits per heavy atom. The van der Waals surface area contributed by atoms with Crippen molar-refractivity contribution >= 4 is 17.6 Å². The van der Waals surface area contributed by atoms with Crippen LogP contribution >= 0.6 is 0 Å². The summed E-state index contributed by atoms with van der Waals surface area (Å²) in [5.41, 5.74) is 0.613. The highest BCUT2D eigenvalue weighted by molar-refractivity contribution is 5.94. The lowest BCUT2D eigenvalue weighted by atomic mass is 9.96. The molecule has 6 heteroatoms. The van der Waals surface area contributed by atoms with Crippen molar-refractivity contribution < 1.29 is 19.1 Å². The van der Waals surface area contributed by atoms with Gasteiger partial charge in [0.05, 0.1) is 0 Å². The number of ketones is 1. The Morgan fingerprint density at radius 1 is 1.16 bits per heavy atom. The van der Waals surface area contributed by atoms with Crippen molar-refractivity contribution in [3.8, 4) is 5.75 Å². The van der Waals surface area contributed by atoms with E-state index in [2.05, 4.69) is 5.32 Å². The van der Waals surface area contributed by atoms with Crippen molar-refractivity contribution in [3.63, 3.8) is 0 Å². The van der Waals surface area contributed by atoms with Crippen molar-refractivity contribution in [1.29, 1.82) is 0 Å². The predicted octanol–water partition coefficient (Wildman–Crippen LogP) is 2.03. The van der Waals surface area contributed by atoms with Crippen LogP contribution in [-0.2, 0) is 9.59 Å². The molecule has 0 saturated carbocycles. The minimum absolute atomic E-state index is 0.00403. The van der Waals surface area contributed by atoms with Crippen molar-refractivity contribution in [3.05, 3.63) is 29.8 Å². The molecule has 1 heterocycles. The monoisotopic (exact) mass is 346 g/mol. The minimum Gasteiger partial charge on any atom is -0.484 e. The van der Waals surface area contributed by atoms with Crippen LogP contribution in [0.25, 0.3) is 0 Å². The van der Waals surface area contributed by atoms with E-state index in [4.69, 9.17) is 4.74 Å². The molecule has 1 N–H and O–H groups in total. The highest BCUT2D eigenvalue weighted by Gasteiger charge is 2.27. The zero-order valence-corrected chi connectivity index (χ0v) is 14.9. The van der Waals surface area contributed by atoms with E-state index < -0.39 is 0 Å². The van der Waals surface area contributed by atoms with Gasteiger partial charge in [0.2, 0.25) is 5.91 Å². The Labute approximate surface area is 148 Å². The quantitative estimate of drug-likeness (QED) is 0.767. The molecular weight excluding hydrogens is 320 g/mol. The van der Waals surface area contributed by atoms with Gasteiger partial charge >= 0.3 is 0 Å². The summed E-state index contributed by atoms with van der Waals surface area (Å²) in [7, 11) is 0. The van der Waals surface area contributed by atoms with Gasteiger partial charge in [-0.2, -0.15) is 0 Å². The Morgan fingerprint density at radius 2 is 1.80 bits per heavy atom. The van der Waals surface area contributed by atoms with E-state index in [1.54, 1.807) is 29.2 Å². The summed E-state index contributed by atoms with van der Waals surface area (Å²) in [5, 5.41) is 2.91. The molecule has 1 saturated heterocycles. The predicted molar refractivity (Wildman–Crippen MR) is 94.5 cm³/mol. The smallest absolute Gasteiger partial charge is 0.260 e. The van der Waals surface area contributed by atoms with Crippen LogP contribution < -0.4 is 10.1 Å². The van der Waals surface area contributed by atoms with Gasteiger partial charge in [0.15, 0.2) is 12.4 Å². The first-order chi connectivity index (χ1) is 12.0. The molecule has 1 aliphatic rings. The van der Waals surface area contributed by atoms with Crippen LogP contribution in [0, 0.1) is 5.92 Å².